The summed E-state index contributed by atoms with van der Waals surface area (Å²) in [5.74, 6) is 0.472. The quantitative estimate of drug-likeness (QED) is 0.510. The molecule has 1 heterocycles. The zero-order valence-corrected chi connectivity index (χ0v) is 7.46. The molecule has 0 bridgehead atoms. The Morgan fingerprint density at radius 2 is 1.92 bits per heavy atom. The molecule has 0 unspecified atom stereocenters. The molecular formula is C6H9N2NaO3S. The zero-order valence-electron chi connectivity index (χ0n) is 6.64. The Balaban J connectivity index is 0.00000144. The van der Waals surface area contributed by atoms with Crippen molar-refractivity contribution in [2.24, 2.45) is 0 Å². The minimum atomic E-state index is -4.18. The van der Waals surface area contributed by atoms with Gasteiger partial charge in [0, 0.05) is 0 Å². The van der Waals surface area contributed by atoms with Gasteiger partial charge in [-0.15, -0.1) is 0 Å². The number of aryl methyl sites for hydroxylation is 2. The van der Waals surface area contributed by atoms with Crippen molar-refractivity contribution >= 4 is 39.7 Å². The molecular weight excluding hydrogens is 203 g/mol. The molecule has 7 heteroatoms. The van der Waals surface area contributed by atoms with E-state index in [1.807, 2.05) is 0 Å². The summed E-state index contributed by atoms with van der Waals surface area (Å²) in [5.41, 5.74) is 0.255. The Morgan fingerprint density at radius 1 is 1.38 bits per heavy atom. The van der Waals surface area contributed by atoms with E-state index >= 15 is 0 Å². The summed E-state index contributed by atoms with van der Waals surface area (Å²) in [6.45, 7) is 3.14. The van der Waals surface area contributed by atoms with Crippen molar-refractivity contribution in [1.29, 1.82) is 0 Å². The first-order chi connectivity index (χ1) is 5.41. The second-order valence-corrected chi connectivity index (χ2v) is 3.73. The molecule has 0 fully saturated rings. The van der Waals surface area contributed by atoms with Gasteiger partial charge in [0.2, 0.25) is 0 Å². The predicted molar refractivity (Wildman–Crippen MR) is 48.5 cm³/mol. The van der Waals surface area contributed by atoms with Gasteiger partial charge in [-0.05, 0) is 13.8 Å². The van der Waals surface area contributed by atoms with Crippen molar-refractivity contribution in [3.05, 3.63) is 17.7 Å². The Kier molecular flexibility index (Phi) is 4.47. The van der Waals surface area contributed by atoms with Crippen molar-refractivity contribution in [3.8, 4) is 0 Å². The first kappa shape index (κ1) is 13.0. The van der Waals surface area contributed by atoms with Crippen LogP contribution in [0.25, 0.3) is 0 Å². The third kappa shape index (κ3) is 3.32. The molecule has 0 saturated carbocycles. The molecule has 1 aromatic heterocycles. The summed E-state index contributed by atoms with van der Waals surface area (Å²) in [7, 11) is -4.18. The number of aromatic nitrogens is 2. The van der Waals surface area contributed by atoms with E-state index in [1.165, 1.54) is 6.92 Å². The molecule has 0 spiro atoms. The van der Waals surface area contributed by atoms with E-state index in [0.717, 1.165) is 6.20 Å². The van der Waals surface area contributed by atoms with Crippen LogP contribution in [-0.4, -0.2) is 52.5 Å². The zero-order chi connectivity index (χ0) is 9.35. The Morgan fingerprint density at radius 3 is 2.31 bits per heavy atom. The summed E-state index contributed by atoms with van der Waals surface area (Å²) < 4.78 is 29.9. The van der Waals surface area contributed by atoms with Gasteiger partial charge in [0.15, 0.2) is 0 Å². The Labute approximate surface area is 98.6 Å². The van der Waals surface area contributed by atoms with Gasteiger partial charge in [0.05, 0.1) is 11.9 Å². The number of hydrogen-bond donors (Lipinski definition) is 1. The van der Waals surface area contributed by atoms with Crippen molar-refractivity contribution < 1.29 is 13.0 Å². The van der Waals surface area contributed by atoms with E-state index in [1.54, 1.807) is 6.92 Å². The van der Waals surface area contributed by atoms with E-state index in [2.05, 4.69) is 9.97 Å². The molecule has 0 aliphatic heterocycles. The normalized spacial score (nSPS) is 10.7. The van der Waals surface area contributed by atoms with Crippen LogP contribution in [0, 0.1) is 13.8 Å². The van der Waals surface area contributed by atoms with E-state index in [-0.39, 0.29) is 40.1 Å². The maximum absolute atomic E-state index is 10.6. The van der Waals surface area contributed by atoms with Crippen molar-refractivity contribution in [3.63, 3.8) is 0 Å². The summed E-state index contributed by atoms with van der Waals surface area (Å²) >= 11 is 0. The van der Waals surface area contributed by atoms with Crippen LogP contribution in [0.3, 0.4) is 0 Å². The average molecular weight is 212 g/mol. The summed E-state index contributed by atoms with van der Waals surface area (Å²) in [4.78, 5) is 7.20. The first-order valence-corrected chi connectivity index (χ1v) is 4.63. The topological polar surface area (TPSA) is 80.2 Å². The fourth-order valence-electron chi connectivity index (χ4n) is 0.825. The van der Waals surface area contributed by atoms with Crippen LogP contribution in [0.2, 0.25) is 0 Å². The molecule has 1 aromatic rings. The van der Waals surface area contributed by atoms with Crippen molar-refractivity contribution in [1.82, 2.24) is 9.97 Å². The SMILES string of the molecule is Cc1ncc(S(=O)(=O)O)c(C)n1.[NaH]. The number of hydrogen-bond acceptors (Lipinski definition) is 4. The summed E-state index contributed by atoms with van der Waals surface area (Å²) in [5, 5.41) is 0. The van der Waals surface area contributed by atoms with Gasteiger partial charge in [0.1, 0.15) is 10.7 Å². The Hall–Kier alpha value is -0.0100. The van der Waals surface area contributed by atoms with E-state index in [9.17, 15) is 8.42 Å². The van der Waals surface area contributed by atoms with E-state index < -0.39 is 10.1 Å². The fourth-order valence-corrected chi connectivity index (χ4v) is 1.43. The fraction of sp³-hybridized carbons (Fsp3) is 0.333. The second kappa shape index (κ2) is 4.47. The molecule has 0 radical (unpaired) electrons. The monoisotopic (exact) mass is 212 g/mol. The molecule has 0 amide bonds. The number of rotatable bonds is 1. The molecule has 0 atom stereocenters. The van der Waals surface area contributed by atoms with Crippen molar-refractivity contribution in [2.75, 3.05) is 0 Å². The van der Waals surface area contributed by atoms with Crippen LogP contribution >= 0.6 is 0 Å². The van der Waals surface area contributed by atoms with Gasteiger partial charge < -0.3 is 0 Å². The standard InChI is InChI=1S/C6H8N2O3S.Na.H/c1-4-6(12(9,10)11)3-7-5(2)8-4;;/h3H,1-2H3,(H,9,10,11);;. The van der Waals surface area contributed by atoms with Crippen LogP contribution in [0.15, 0.2) is 11.1 Å². The van der Waals surface area contributed by atoms with Crippen LogP contribution in [0.4, 0.5) is 0 Å². The minimum absolute atomic E-state index is 0. The average Bonchev–Trinajstić information content (AvgIpc) is 1.83. The second-order valence-electron chi connectivity index (χ2n) is 2.34. The molecule has 1 N–H and O–H groups in total. The van der Waals surface area contributed by atoms with Gasteiger partial charge in [-0.1, -0.05) is 0 Å². The first-order valence-electron chi connectivity index (χ1n) is 3.19. The maximum atomic E-state index is 10.6. The summed E-state index contributed by atoms with van der Waals surface area (Å²) in [6.07, 6.45) is 1.09. The molecule has 0 aliphatic rings. The third-order valence-electron chi connectivity index (χ3n) is 1.33. The van der Waals surface area contributed by atoms with Gasteiger partial charge >= 0.3 is 29.6 Å². The third-order valence-corrected chi connectivity index (χ3v) is 2.29. The van der Waals surface area contributed by atoms with Crippen LogP contribution < -0.4 is 0 Å². The van der Waals surface area contributed by atoms with Gasteiger partial charge in [0.25, 0.3) is 10.1 Å². The van der Waals surface area contributed by atoms with Gasteiger partial charge in [-0.3, -0.25) is 4.55 Å². The van der Waals surface area contributed by atoms with E-state index in [4.69, 9.17) is 4.55 Å². The van der Waals surface area contributed by atoms with E-state index in [0.29, 0.717) is 5.82 Å². The van der Waals surface area contributed by atoms with Gasteiger partial charge in [-0.2, -0.15) is 8.42 Å². The molecule has 0 aliphatic carbocycles. The van der Waals surface area contributed by atoms with Crippen LogP contribution in [-0.2, 0) is 10.1 Å². The molecule has 1 rings (SSSR count). The van der Waals surface area contributed by atoms with Crippen LogP contribution in [0.5, 0.6) is 0 Å². The van der Waals surface area contributed by atoms with Gasteiger partial charge in [-0.25, -0.2) is 9.97 Å². The molecule has 13 heavy (non-hydrogen) atoms. The number of nitrogens with zero attached hydrogens (tertiary/aromatic N) is 2. The summed E-state index contributed by atoms with van der Waals surface area (Å²) in [6, 6.07) is 0. The Bertz CT molecular complexity index is 404. The predicted octanol–water partition coefficient (Wildman–Crippen LogP) is -0.308. The molecule has 0 aromatic carbocycles. The van der Waals surface area contributed by atoms with Crippen LogP contribution in [0.1, 0.15) is 11.5 Å². The molecule has 5 nitrogen and oxygen atoms in total. The van der Waals surface area contributed by atoms with Crippen molar-refractivity contribution in [2.45, 2.75) is 18.7 Å². The molecule has 68 valence electrons. The molecule has 0 saturated heterocycles.